The molecule has 1 aromatic carbocycles. The molecular weight excluding hydrogens is 226 g/mol. The van der Waals surface area contributed by atoms with Gasteiger partial charge >= 0.3 is 5.97 Å². The zero-order valence-electron chi connectivity index (χ0n) is 8.71. The van der Waals surface area contributed by atoms with E-state index in [0.717, 1.165) is 10.1 Å². The lowest BCUT2D eigenvalue weighted by Crippen LogP contribution is -2.15. The molecule has 2 aromatic rings. The van der Waals surface area contributed by atoms with E-state index in [2.05, 4.69) is 4.37 Å². The van der Waals surface area contributed by atoms with Gasteiger partial charge in [-0.1, -0.05) is 6.07 Å². The molecule has 2 rings (SSSR count). The highest BCUT2D eigenvalue weighted by atomic mass is 32.1. The van der Waals surface area contributed by atoms with Crippen LogP contribution in [0, 0.1) is 0 Å². The fourth-order valence-electron chi connectivity index (χ4n) is 1.42. The van der Waals surface area contributed by atoms with Gasteiger partial charge in [-0.2, -0.15) is 4.37 Å². The lowest BCUT2D eigenvalue weighted by molar-refractivity contribution is -0.153. The summed E-state index contributed by atoms with van der Waals surface area (Å²) in [6.45, 7) is 1.97. The number of rotatable bonds is 3. The van der Waals surface area contributed by atoms with Crippen molar-refractivity contribution in [1.29, 1.82) is 0 Å². The van der Waals surface area contributed by atoms with Gasteiger partial charge in [-0.3, -0.25) is 0 Å². The van der Waals surface area contributed by atoms with E-state index in [9.17, 15) is 9.90 Å². The fraction of sp³-hybridized carbons (Fsp3) is 0.273. The molecule has 0 saturated carbocycles. The second-order valence-electron chi connectivity index (χ2n) is 3.28. The first-order valence-corrected chi connectivity index (χ1v) is 5.68. The third-order valence-electron chi connectivity index (χ3n) is 2.20. The number of carbonyl (C=O) groups excluding carboxylic acids is 1. The zero-order valence-corrected chi connectivity index (χ0v) is 9.53. The number of hydrogen-bond donors (Lipinski definition) is 1. The molecule has 16 heavy (non-hydrogen) atoms. The van der Waals surface area contributed by atoms with E-state index in [1.165, 1.54) is 11.5 Å². The summed E-state index contributed by atoms with van der Waals surface area (Å²) in [6, 6.07) is 5.30. The van der Waals surface area contributed by atoms with Crippen LogP contribution in [0.1, 0.15) is 18.6 Å². The first kappa shape index (κ1) is 11.0. The normalized spacial score (nSPS) is 12.6. The Morgan fingerprint density at radius 3 is 3.19 bits per heavy atom. The van der Waals surface area contributed by atoms with E-state index < -0.39 is 12.1 Å². The van der Waals surface area contributed by atoms with Crippen molar-refractivity contribution in [3.8, 4) is 0 Å². The summed E-state index contributed by atoms with van der Waals surface area (Å²) in [6.07, 6.45) is 0.491. The number of aliphatic hydroxyl groups is 1. The Balaban J connectivity index is 2.28. The van der Waals surface area contributed by atoms with Crippen molar-refractivity contribution < 1.29 is 14.6 Å². The number of hydrogen-bond acceptors (Lipinski definition) is 5. The SMILES string of the molecule is CCOC(=O)C(O)c1ccc2sncc2c1. The quantitative estimate of drug-likeness (QED) is 0.828. The first-order valence-electron chi connectivity index (χ1n) is 4.91. The molecular formula is C11H11NO3S. The number of aliphatic hydroxyl groups excluding tert-OH is 1. The summed E-state index contributed by atoms with van der Waals surface area (Å²) in [5.41, 5.74) is 0.533. The predicted molar refractivity (Wildman–Crippen MR) is 61.2 cm³/mol. The molecule has 84 valence electrons. The molecule has 1 unspecified atom stereocenters. The molecule has 0 aliphatic rings. The monoisotopic (exact) mass is 237 g/mol. The molecule has 1 heterocycles. The molecule has 0 bridgehead atoms. The smallest absolute Gasteiger partial charge is 0.339 e. The van der Waals surface area contributed by atoms with Crippen molar-refractivity contribution in [2.75, 3.05) is 6.61 Å². The second kappa shape index (κ2) is 4.59. The van der Waals surface area contributed by atoms with Gasteiger partial charge in [-0.15, -0.1) is 0 Å². The number of aromatic nitrogens is 1. The van der Waals surface area contributed by atoms with Gasteiger partial charge < -0.3 is 9.84 Å². The molecule has 1 aromatic heterocycles. The average Bonchev–Trinajstić information content (AvgIpc) is 2.75. The molecule has 4 nitrogen and oxygen atoms in total. The summed E-state index contributed by atoms with van der Waals surface area (Å²) >= 11 is 1.38. The van der Waals surface area contributed by atoms with E-state index in [-0.39, 0.29) is 6.61 Å². The lowest BCUT2D eigenvalue weighted by Gasteiger charge is -2.09. The summed E-state index contributed by atoms with van der Waals surface area (Å²) in [5, 5.41) is 10.6. The van der Waals surface area contributed by atoms with Crippen LogP contribution in [-0.2, 0) is 9.53 Å². The maximum absolute atomic E-state index is 11.3. The molecule has 0 fully saturated rings. The molecule has 0 saturated heterocycles. The summed E-state index contributed by atoms with van der Waals surface area (Å²) in [4.78, 5) is 11.3. The Morgan fingerprint density at radius 1 is 1.62 bits per heavy atom. The molecule has 1 atom stereocenters. The molecule has 0 aliphatic heterocycles. The van der Waals surface area contributed by atoms with Gasteiger partial charge in [0.05, 0.1) is 11.3 Å². The number of esters is 1. The van der Waals surface area contributed by atoms with Gasteiger partial charge in [0.2, 0.25) is 0 Å². The van der Waals surface area contributed by atoms with Gasteiger partial charge in [0.15, 0.2) is 6.10 Å². The third-order valence-corrected chi connectivity index (χ3v) is 2.98. The molecule has 5 heteroatoms. The number of ether oxygens (including phenoxy) is 1. The van der Waals surface area contributed by atoms with Crippen LogP contribution in [0.2, 0.25) is 0 Å². The van der Waals surface area contributed by atoms with Gasteiger partial charge in [0.1, 0.15) is 0 Å². The van der Waals surface area contributed by atoms with Crippen molar-refractivity contribution in [2.24, 2.45) is 0 Å². The van der Waals surface area contributed by atoms with Crippen LogP contribution in [-0.4, -0.2) is 22.1 Å². The van der Waals surface area contributed by atoms with Crippen molar-refractivity contribution in [3.05, 3.63) is 30.0 Å². The Bertz CT molecular complexity index is 509. The predicted octanol–water partition coefficient (Wildman–Crippen LogP) is 1.89. The molecule has 0 amide bonds. The summed E-state index contributed by atoms with van der Waals surface area (Å²) < 4.78 is 9.80. The summed E-state index contributed by atoms with van der Waals surface area (Å²) in [7, 11) is 0. The fourth-order valence-corrected chi connectivity index (χ4v) is 2.04. The van der Waals surface area contributed by atoms with Crippen LogP contribution >= 0.6 is 11.5 Å². The van der Waals surface area contributed by atoms with Gasteiger partial charge in [0.25, 0.3) is 0 Å². The second-order valence-corrected chi connectivity index (χ2v) is 4.11. The van der Waals surface area contributed by atoms with Crippen molar-refractivity contribution in [1.82, 2.24) is 4.37 Å². The van der Waals surface area contributed by atoms with Crippen LogP contribution < -0.4 is 0 Å². The first-order chi connectivity index (χ1) is 7.72. The van der Waals surface area contributed by atoms with Crippen LogP contribution in [0.4, 0.5) is 0 Å². The van der Waals surface area contributed by atoms with Gasteiger partial charge in [-0.05, 0) is 36.2 Å². The lowest BCUT2D eigenvalue weighted by atomic mass is 10.1. The van der Waals surface area contributed by atoms with Crippen molar-refractivity contribution >= 4 is 27.6 Å². The van der Waals surface area contributed by atoms with Crippen LogP contribution in [0.15, 0.2) is 24.4 Å². The highest BCUT2D eigenvalue weighted by molar-refractivity contribution is 7.13. The van der Waals surface area contributed by atoms with Gasteiger partial charge in [-0.25, -0.2) is 4.79 Å². The maximum atomic E-state index is 11.3. The third kappa shape index (κ3) is 2.05. The van der Waals surface area contributed by atoms with E-state index in [1.807, 2.05) is 6.07 Å². The Morgan fingerprint density at radius 2 is 2.44 bits per heavy atom. The number of benzene rings is 1. The minimum Gasteiger partial charge on any atom is -0.464 e. The average molecular weight is 237 g/mol. The Hall–Kier alpha value is -1.46. The minimum absolute atomic E-state index is 0.262. The van der Waals surface area contributed by atoms with E-state index in [4.69, 9.17) is 4.74 Å². The maximum Gasteiger partial charge on any atom is 0.339 e. The van der Waals surface area contributed by atoms with Crippen LogP contribution in [0.25, 0.3) is 10.1 Å². The minimum atomic E-state index is -1.22. The van der Waals surface area contributed by atoms with Crippen molar-refractivity contribution in [2.45, 2.75) is 13.0 Å². The molecule has 1 N–H and O–H groups in total. The highest BCUT2D eigenvalue weighted by Crippen LogP contribution is 2.23. The number of fused-ring (bicyclic) bond motifs is 1. The van der Waals surface area contributed by atoms with Crippen LogP contribution in [0.5, 0.6) is 0 Å². The van der Waals surface area contributed by atoms with Crippen molar-refractivity contribution in [3.63, 3.8) is 0 Å². The topological polar surface area (TPSA) is 59.4 Å². The van der Waals surface area contributed by atoms with E-state index in [0.29, 0.717) is 5.56 Å². The molecule has 0 spiro atoms. The number of carbonyl (C=O) groups is 1. The molecule has 0 radical (unpaired) electrons. The highest BCUT2D eigenvalue weighted by Gasteiger charge is 2.18. The van der Waals surface area contributed by atoms with E-state index in [1.54, 1.807) is 25.3 Å². The Kier molecular flexibility index (Phi) is 3.17. The molecule has 0 aliphatic carbocycles. The summed E-state index contributed by atoms with van der Waals surface area (Å²) in [5.74, 6) is -0.620. The largest absolute Gasteiger partial charge is 0.464 e. The standard InChI is InChI=1S/C11H11NO3S/c1-2-15-11(14)10(13)7-3-4-9-8(5-7)6-12-16-9/h3-6,10,13H,2H2,1H3. The Labute approximate surface area is 96.6 Å². The zero-order chi connectivity index (χ0) is 11.5. The van der Waals surface area contributed by atoms with Crippen LogP contribution in [0.3, 0.4) is 0 Å². The number of nitrogens with zero attached hydrogens (tertiary/aromatic N) is 1. The van der Waals surface area contributed by atoms with Gasteiger partial charge in [0, 0.05) is 11.6 Å². The van der Waals surface area contributed by atoms with E-state index >= 15 is 0 Å².